The summed E-state index contributed by atoms with van der Waals surface area (Å²) in [5.74, 6) is 1.49. The van der Waals surface area contributed by atoms with Crippen LogP contribution in [0, 0.1) is 0 Å². The Labute approximate surface area is 287 Å². The van der Waals surface area contributed by atoms with Gasteiger partial charge < -0.3 is 4.74 Å². The molecule has 8 aromatic rings. The first-order valence-corrected chi connectivity index (χ1v) is 17.6. The molecule has 5 nitrogen and oxygen atoms in total. The van der Waals surface area contributed by atoms with E-state index in [-0.39, 0.29) is 0 Å². The molecule has 0 aliphatic carbocycles. The second-order valence-electron chi connectivity index (χ2n) is 11.8. The Morgan fingerprint density at radius 1 is 0.521 bits per heavy atom. The fraction of sp³-hybridized carbons (Fsp3) is 0.0238. The summed E-state index contributed by atoms with van der Waals surface area (Å²) in [5, 5.41) is 9.56. The average molecular weight is 731 g/mol. The third-order valence-electron chi connectivity index (χ3n) is 9.11. The maximum Gasteiger partial charge on any atom is 0.186 e. The predicted molar refractivity (Wildman–Crippen MR) is 209 cm³/mol. The number of fused-ring (bicyclic) bond motifs is 4. The van der Waals surface area contributed by atoms with Gasteiger partial charge in [0.15, 0.2) is 5.84 Å². The number of aromatic nitrogens is 1. The lowest BCUT2D eigenvalue weighted by molar-refractivity contribution is 0.415. The zero-order valence-electron chi connectivity index (χ0n) is 25.9. The second kappa shape index (κ2) is 11.9. The van der Waals surface area contributed by atoms with Gasteiger partial charge in [0.2, 0.25) is 0 Å². The molecule has 1 aromatic heterocycles. The van der Waals surface area contributed by atoms with E-state index < -0.39 is 21.3 Å². The molecule has 0 radical (unpaired) electrons. The Hall–Kier alpha value is -5.60. The molecular weight excluding hydrogens is 703 g/mol. The third-order valence-corrected chi connectivity index (χ3v) is 10.3. The van der Waals surface area contributed by atoms with Crippen LogP contribution in [0.4, 0.5) is 0 Å². The van der Waals surface area contributed by atoms with Crippen molar-refractivity contribution in [3.05, 3.63) is 145 Å². The Bertz CT molecular complexity index is 2660. The Kier molecular flexibility index (Phi) is 7.08. The van der Waals surface area contributed by atoms with Crippen molar-refractivity contribution >= 4 is 76.6 Å². The van der Waals surface area contributed by atoms with Crippen molar-refractivity contribution in [2.45, 2.75) is 0 Å². The molecular formula is C42H27IN4O. The standard InChI is InChI=1S/C42H27IN4O/c1-48-34-16-18-36-38(23-34)41(32-13-11-27-7-3-5-9-29(27)21-32)35-17-14-30(33-15-19-39(44-24-33)42-45-25-46-43-47-42)22-37(35)40(36)31-12-10-26-6-2-4-8-28(26)20-31/h2-25H,1H3. The van der Waals surface area contributed by atoms with Gasteiger partial charge in [0.25, 0.3) is 0 Å². The van der Waals surface area contributed by atoms with Crippen molar-refractivity contribution < 1.29 is 4.74 Å². The number of benzene rings is 7. The number of hydrogen-bond donors (Lipinski definition) is 0. The minimum atomic E-state index is -0.598. The van der Waals surface area contributed by atoms with Gasteiger partial charge in [-0.05, 0) is 107 Å². The van der Waals surface area contributed by atoms with Crippen LogP contribution in [0.2, 0.25) is 0 Å². The molecule has 1 aliphatic rings. The largest absolute Gasteiger partial charge is 0.497 e. The van der Waals surface area contributed by atoms with Crippen LogP contribution in [0.3, 0.4) is 0 Å². The minimum absolute atomic E-state index is 0.598. The van der Waals surface area contributed by atoms with Crippen LogP contribution in [-0.4, -0.2) is 24.3 Å². The molecule has 0 bridgehead atoms. The molecule has 0 saturated carbocycles. The summed E-state index contributed by atoms with van der Waals surface area (Å²) in [4.78, 5) is 9.08. The smallest absolute Gasteiger partial charge is 0.186 e. The van der Waals surface area contributed by atoms with E-state index in [1.165, 1.54) is 60.0 Å². The van der Waals surface area contributed by atoms with Crippen LogP contribution in [0.1, 0.15) is 5.69 Å². The first kappa shape index (κ1) is 28.6. The van der Waals surface area contributed by atoms with Gasteiger partial charge in [0.05, 0.1) is 7.11 Å². The van der Waals surface area contributed by atoms with Crippen molar-refractivity contribution in [2.24, 2.45) is 11.3 Å². The molecule has 1 aliphatic heterocycles. The number of methoxy groups -OCH3 is 1. The van der Waals surface area contributed by atoms with Crippen LogP contribution in [0.5, 0.6) is 5.75 Å². The quantitative estimate of drug-likeness (QED) is 0.131. The maximum atomic E-state index is 5.80. The molecule has 48 heavy (non-hydrogen) atoms. The minimum Gasteiger partial charge on any atom is -0.497 e. The summed E-state index contributed by atoms with van der Waals surface area (Å²) in [6.07, 6.45) is 3.51. The SMILES string of the molecule is COc1ccc2c(-c3ccc4ccccc4c3)c3cc(-c4ccc(C5=NI=NC=N5)nc4)ccc3c(-c3ccc4ccccc4c3)c2c1. The molecule has 0 N–H and O–H groups in total. The van der Waals surface area contributed by atoms with Gasteiger partial charge in [0, 0.05) is 11.8 Å². The van der Waals surface area contributed by atoms with Crippen molar-refractivity contribution in [1.82, 2.24) is 4.98 Å². The number of aliphatic imine (C=N–C) groups is 1. The molecule has 0 fully saturated rings. The third kappa shape index (κ3) is 4.96. The first-order chi connectivity index (χ1) is 23.7. The molecule has 0 atom stereocenters. The highest BCUT2D eigenvalue weighted by atomic mass is 127. The molecule has 2 heterocycles. The summed E-state index contributed by atoms with van der Waals surface area (Å²) in [6.45, 7) is 0. The van der Waals surface area contributed by atoms with E-state index in [9.17, 15) is 0 Å². The molecule has 0 unspecified atom stereocenters. The van der Waals surface area contributed by atoms with E-state index in [1.54, 1.807) is 13.4 Å². The molecule has 9 rings (SSSR count). The number of amidine groups is 1. The van der Waals surface area contributed by atoms with Crippen molar-refractivity contribution in [3.63, 3.8) is 0 Å². The number of pyridine rings is 1. The zero-order chi connectivity index (χ0) is 32.0. The maximum absolute atomic E-state index is 5.80. The van der Waals surface area contributed by atoms with Gasteiger partial charge in [0.1, 0.15) is 39.1 Å². The second-order valence-corrected chi connectivity index (χ2v) is 13.3. The summed E-state index contributed by atoms with van der Waals surface area (Å²) in [7, 11) is 1.73. The van der Waals surface area contributed by atoms with E-state index >= 15 is 0 Å². The van der Waals surface area contributed by atoms with Gasteiger partial charge in [-0.2, -0.15) is 6.35 Å². The number of hydrogen-bond acceptors (Lipinski definition) is 5. The van der Waals surface area contributed by atoms with E-state index in [0.717, 1.165) is 28.0 Å². The first-order valence-electron chi connectivity index (χ1n) is 15.7. The van der Waals surface area contributed by atoms with Crippen LogP contribution < -0.4 is 4.74 Å². The number of nitrogens with zero attached hydrogens (tertiary/aromatic N) is 4. The summed E-state index contributed by atoms with van der Waals surface area (Å²) in [5.41, 5.74) is 7.62. The lowest BCUT2D eigenvalue weighted by Crippen LogP contribution is -2.00. The monoisotopic (exact) mass is 730 g/mol. The van der Waals surface area contributed by atoms with Gasteiger partial charge in [-0.15, -0.1) is 0 Å². The Morgan fingerprint density at radius 3 is 1.73 bits per heavy atom. The lowest BCUT2D eigenvalue weighted by atomic mass is 9.84. The fourth-order valence-electron chi connectivity index (χ4n) is 6.81. The van der Waals surface area contributed by atoms with Crippen LogP contribution in [-0.2, 0) is 0 Å². The lowest BCUT2D eigenvalue weighted by Gasteiger charge is -2.20. The normalized spacial score (nSPS) is 12.8. The number of ether oxygens (including phenoxy) is 1. The zero-order valence-corrected chi connectivity index (χ0v) is 28.1. The molecule has 6 heteroatoms. The topological polar surface area (TPSA) is 59.2 Å². The van der Waals surface area contributed by atoms with Crippen molar-refractivity contribution in [3.8, 4) is 39.1 Å². The average Bonchev–Trinajstić information content (AvgIpc) is 3.16. The molecule has 0 spiro atoms. The molecule has 7 aromatic carbocycles. The van der Waals surface area contributed by atoms with E-state index in [1.807, 2.05) is 12.3 Å². The van der Waals surface area contributed by atoms with Gasteiger partial charge in [-0.3, -0.25) is 4.98 Å². The highest BCUT2D eigenvalue weighted by Crippen LogP contribution is 2.46. The van der Waals surface area contributed by atoms with Crippen LogP contribution in [0.15, 0.2) is 151 Å². The van der Waals surface area contributed by atoms with Crippen LogP contribution in [0.25, 0.3) is 76.5 Å². The highest BCUT2D eigenvalue weighted by Gasteiger charge is 2.19. The highest BCUT2D eigenvalue weighted by molar-refractivity contribution is 14.1. The summed E-state index contributed by atoms with van der Waals surface area (Å²) >= 11 is -0.598. The molecule has 0 saturated heterocycles. The van der Waals surface area contributed by atoms with Gasteiger partial charge in [-0.25, -0.2) is 4.99 Å². The number of halogens is 1. The molecule has 228 valence electrons. The molecule has 0 amide bonds. The summed E-state index contributed by atoms with van der Waals surface area (Å²) in [6, 6.07) is 48.0. The Balaban J connectivity index is 1.34. The van der Waals surface area contributed by atoms with E-state index in [0.29, 0.717) is 5.84 Å². The van der Waals surface area contributed by atoms with Crippen LogP contribution >= 0.6 is 21.3 Å². The van der Waals surface area contributed by atoms with Gasteiger partial charge in [-0.1, -0.05) is 97.1 Å². The predicted octanol–water partition coefficient (Wildman–Crippen LogP) is 11.6. The number of rotatable bonds is 5. The Morgan fingerprint density at radius 2 is 1.12 bits per heavy atom. The van der Waals surface area contributed by atoms with E-state index in [4.69, 9.17) is 9.72 Å². The van der Waals surface area contributed by atoms with Gasteiger partial charge >= 0.3 is 0 Å². The summed E-state index contributed by atoms with van der Waals surface area (Å²) < 4.78 is 14.5. The van der Waals surface area contributed by atoms with Crippen molar-refractivity contribution in [2.75, 3.05) is 7.11 Å². The van der Waals surface area contributed by atoms with E-state index in [2.05, 4.69) is 139 Å². The van der Waals surface area contributed by atoms with Crippen molar-refractivity contribution in [1.29, 1.82) is 0 Å². The fourth-order valence-corrected chi connectivity index (χ4v) is 7.74.